The van der Waals surface area contributed by atoms with Crippen LogP contribution in [-0.4, -0.2) is 98.6 Å². The van der Waals surface area contributed by atoms with E-state index in [1.807, 2.05) is 6.07 Å². The predicted molar refractivity (Wildman–Crippen MR) is 158 cm³/mol. The Hall–Kier alpha value is -3.00. The molecule has 2 bridgehead atoms. The molecule has 5 aliphatic rings. The Labute approximate surface area is 260 Å². The highest BCUT2D eigenvalue weighted by Crippen LogP contribution is 2.57. The van der Waals surface area contributed by atoms with E-state index in [2.05, 4.69) is 11.6 Å². The smallest absolute Gasteiger partial charge is 0.333 e. The summed E-state index contributed by atoms with van der Waals surface area (Å²) in [5.41, 5.74) is -3.32. The number of hydrogen-bond acceptors (Lipinski definition) is 10. The van der Waals surface area contributed by atoms with Crippen LogP contribution in [0.1, 0.15) is 57.8 Å². The van der Waals surface area contributed by atoms with Crippen molar-refractivity contribution in [1.82, 2.24) is 4.98 Å². The molecule has 3 fully saturated rings. The number of nitrogens with one attached hydrogen (secondary N) is 1. The lowest BCUT2D eigenvalue weighted by atomic mass is 9.62. The first-order chi connectivity index (χ1) is 21.6. The summed E-state index contributed by atoms with van der Waals surface area (Å²) >= 11 is 0. The van der Waals surface area contributed by atoms with E-state index in [4.69, 9.17) is 18.9 Å². The molecule has 12 nitrogen and oxygen atoms in total. The first-order valence-corrected chi connectivity index (χ1v) is 15.8. The largest absolute Gasteiger partial charge is 0.481 e. The number of esters is 1. The number of aliphatic hydroxyl groups excluding tert-OH is 3. The quantitative estimate of drug-likeness (QED) is 0.155. The molecular weight excluding hydrogens is 586 g/mol. The lowest BCUT2D eigenvalue weighted by molar-refractivity contribution is -0.378. The number of carboxylic acids is 1. The molecule has 0 aromatic carbocycles. The molecule has 0 amide bonds. The van der Waals surface area contributed by atoms with Gasteiger partial charge in [-0.3, -0.25) is 4.79 Å². The third-order valence-electron chi connectivity index (χ3n) is 10.8. The van der Waals surface area contributed by atoms with E-state index in [0.717, 1.165) is 23.4 Å². The van der Waals surface area contributed by atoms with Gasteiger partial charge in [0.2, 0.25) is 0 Å². The van der Waals surface area contributed by atoms with Gasteiger partial charge in [-0.15, -0.1) is 6.58 Å². The number of aliphatic carboxylic acids is 1. The number of carboxylic acid groups (broad SMARTS) is 1. The number of hydrogen-bond donors (Lipinski definition) is 6. The minimum absolute atomic E-state index is 0.0638. The zero-order chi connectivity index (χ0) is 32.1. The molecule has 6 N–H and O–H groups in total. The Balaban J connectivity index is 1.42. The average Bonchev–Trinajstić information content (AvgIpc) is 3.71. The number of aliphatic hydroxyl groups is 4. The zero-order valence-electron chi connectivity index (χ0n) is 25.4. The first-order valence-electron chi connectivity index (χ1n) is 15.8. The summed E-state index contributed by atoms with van der Waals surface area (Å²) in [5.74, 6) is -2.70. The predicted octanol–water partition coefficient (Wildman–Crippen LogP) is 0.370. The monoisotopic (exact) mass is 629 g/mol. The van der Waals surface area contributed by atoms with Gasteiger partial charge < -0.3 is 49.5 Å². The number of rotatable bonds is 10. The third-order valence-corrected chi connectivity index (χ3v) is 10.8. The molecule has 2 aliphatic heterocycles. The van der Waals surface area contributed by atoms with Crippen LogP contribution in [0.2, 0.25) is 0 Å². The summed E-state index contributed by atoms with van der Waals surface area (Å²) in [6.07, 6.45) is 4.01. The van der Waals surface area contributed by atoms with Crippen LogP contribution in [0, 0.1) is 17.3 Å². The molecular formula is C33H43NO11. The van der Waals surface area contributed by atoms with E-state index in [-0.39, 0.29) is 25.0 Å². The molecule has 1 saturated heterocycles. The van der Waals surface area contributed by atoms with Crippen molar-refractivity contribution in [3.05, 3.63) is 47.1 Å². The van der Waals surface area contributed by atoms with Crippen LogP contribution >= 0.6 is 0 Å². The van der Waals surface area contributed by atoms with Crippen molar-refractivity contribution in [3.63, 3.8) is 0 Å². The van der Waals surface area contributed by atoms with Gasteiger partial charge in [-0.05, 0) is 43.7 Å². The summed E-state index contributed by atoms with van der Waals surface area (Å²) < 4.78 is 24.8. The minimum Gasteiger partial charge on any atom is -0.481 e. The SMILES string of the molecule is C=C[C@@H]1[C@H](CC(=O)O)C(C(=O)OC)=CC2(CCCC2)[C@H]1O[C@@H]1O[C@H](CO)[C@]23OC(CCCO)=c4[nH]ccc4=C2CC[C@@]1(O)[C@H]3O. The molecule has 45 heavy (non-hydrogen) atoms. The third kappa shape index (κ3) is 4.80. The Morgan fingerprint density at radius 2 is 1.98 bits per heavy atom. The fourth-order valence-electron chi connectivity index (χ4n) is 8.73. The van der Waals surface area contributed by atoms with Gasteiger partial charge in [0, 0.05) is 47.3 Å². The number of fused-ring (bicyclic) bond motifs is 2. The molecule has 6 rings (SSSR count). The van der Waals surface area contributed by atoms with Gasteiger partial charge in [0.05, 0.1) is 31.6 Å². The lowest BCUT2D eigenvalue weighted by Crippen LogP contribution is -2.78. The molecule has 8 atom stereocenters. The Kier molecular flexibility index (Phi) is 8.51. The van der Waals surface area contributed by atoms with Gasteiger partial charge in [-0.2, -0.15) is 0 Å². The summed E-state index contributed by atoms with van der Waals surface area (Å²) in [7, 11) is 1.26. The van der Waals surface area contributed by atoms with Crippen LogP contribution in [0.4, 0.5) is 0 Å². The fraction of sp³-hybridized carbons (Fsp3) is 0.636. The van der Waals surface area contributed by atoms with Crippen molar-refractivity contribution in [1.29, 1.82) is 0 Å². The first kappa shape index (κ1) is 32.0. The molecule has 12 heteroatoms. The number of carbonyl (C=O) groups excluding carboxylic acids is 1. The number of carbonyl (C=O) groups is 2. The lowest BCUT2D eigenvalue weighted by Gasteiger charge is -2.61. The van der Waals surface area contributed by atoms with Crippen LogP contribution < -0.4 is 10.6 Å². The molecule has 0 unspecified atom stereocenters. The number of methoxy groups -OCH3 is 1. The highest BCUT2D eigenvalue weighted by atomic mass is 16.7. The molecule has 3 heterocycles. The average molecular weight is 630 g/mol. The summed E-state index contributed by atoms with van der Waals surface area (Å²) in [6, 6.07) is 1.87. The standard InChI is InChI=1S/C33H43NO11/c1-3-18-20(15-25(37)38)21(28(39)42-2)16-31(10-4-5-11-31)27(18)44-30-32(41)12-8-22-19-9-13-34-26(19)23(7-6-14-35)45-33(22,29(32)40)24(17-36)43-30/h3,9,13,16,18,20,24,27,29-30,34-36,40-41H,1,4-8,10-12,14-15,17H2,2H3,(H,37,38)/t18-,20+,24-,27+,29-,30+,32-,33-/m1/s1. The minimum atomic E-state index is -1.97. The second-order valence-electron chi connectivity index (χ2n) is 13.0. The van der Waals surface area contributed by atoms with Gasteiger partial charge in [-0.1, -0.05) is 25.0 Å². The molecule has 0 radical (unpaired) electrons. The molecule has 2 spiro atoms. The van der Waals surface area contributed by atoms with E-state index >= 15 is 0 Å². The van der Waals surface area contributed by atoms with E-state index in [1.54, 1.807) is 18.3 Å². The normalized spacial score (nSPS) is 36.5. The fourth-order valence-corrected chi connectivity index (χ4v) is 8.73. The van der Waals surface area contributed by atoms with Crippen molar-refractivity contribution in [2.24, 2.45) is 17.3 Å². The van der Waals surface area contributed by atoms with Crippen LogP contribution in [-0.2, 0) is 28.5 Å². The highest BCUT2D eigenvalue weighted by Gasteiger charge is 2.70. The maximum Gasteiger partial charge on any atom is 0.333 e. The van der Waals surface area contributed by atoms with E-state index in [9.17, 15) is 35.1 Å². The number of H-pyrrole nitrogens is 1. The van der Waals surface area contributed by atoms with Crippen molar-refractivity contribution >= 4 is 23.3 Å². The Bertz CT molecular complexity index is 1490. The highest BCUT2D eigenvalue weighted by molar-refractivity contribution is 5.90. The van der Waals surface area contributed by atoms with E-state index in [1.165, 1.54) is 7.11 Å². The number of ether oxygens (including phenoxy) is 4. The number of aromatic amines is 1. The zero-order valence-corrected chi connectivity index (χ0v) is 25.4. The molecule has 246 valence electrons. The molecule has 1 aromatic rings. The van der Waals surface area contributed by atoms with E-state index < -0.39 is 71.6 Å². The second-order valence-corrected chi connectivity index (χ2v) is 13.0. The van der Waals surface area contributed by atoms with Gasteiger partial charge >= 0.3 is 11.9 Å². The van der Waals surface area contributed by atoms with Crippen molar-refractivity contribution in [3.8, 4) is 0 Å². The van der Waals surface area contributed by atoms with Gasteiger partial charge in [0.15, 0.2) is 11.9 Å². The van der Waals surface area contributed by atoms with Gasteiger partial charge in [-0.25, -0.2) is 4.79 Å². The molecule has 3 aliphatic carbocycles. The van der Waals surface area contributed by atoms with Gasteiger partial charge in [0.1, 0.15) is 23.6 Å². The van der Waals surface area contributed by atoms with Crippen LogP contribution in [0.15, 0.2) is 36.6 Å². The second kappa shape index (κ2) is 12.0. The summed E-state index contributed by atoms with van der Waals surface area (Å²) in [6.45, 7) is 3.37. The molecule has 1 aromatic heterocycles. The van der Waals surface area contributed by atoms with Gasteiger partial charge in [0.25, 0.3) is 0 Å². The van der Waals surface area contributed by atoms with Crippen LogP contribution in [0.3, 0.4) is 0 Å². The Morgan fingerprint density at radius 3 is 2.62 bits per heavy atom. The summed E-state index contributed by atoms with van der Waals surface area (Å²) in [4.78, 5) is 28.1. The number of aromatic nitrogens is 1. The van der Waals surface area contributed by atoms with E-state index in [0.29, 0.717) is 43.4 Å². The topological polar surface area (TPSA) is 188 Å². The summed E-state index contributed by atoms with van der Waals surface area (Å²) in [5, 5.41) is 56.0. The van der Waals surface area contributed by atoms with Crippen molar-refractivity contribution in [2.75, 3.05) is 20.3 Å². The van der Waals surface area contributed by atoms with Crippen molar-refractivity contribution < 1.29 is 54.1 Å². The Morgan fingerprint density at radius 1 is 1.22 bits per heavy atom. The maximum absolute atomic E-state index is 13.0. The van der Waals surface area contributed by atoms with Crippen LogP contribution in [0.5, 0.6) is 0 Å². The van der Waals surface area contributed by atoms with Crippen LogP contribution in [0.25, 0.3) is 11.3 Å². The molecule has 2 saturated carbocycles. The maximum atomic E-state index is 13.0. The van der Waals surface area contributed by atoms with Crippen molar-refractivity contribution in [2.45, 2.75) is 93.6 Å².